The average molecular weight is 443 g/mol. The summed E-state index contributed by atoms with van der Waals surface area (Å²) in [7, 11) is 7.59. The van der Waals surface area contributed by atoms with Crippen molar-refractivity contribution >= 4 is 16.6 Å². The summed E-state index contributed by atoms with van der Waals surface area (Å²) in [6, 6.07) is 19.1. The van der Waals surface area contributed by atoms with Gasteiger partial charge in [-0.3, -0.25) is 4.98 Å². The molecule has 5 rings (SSSR count). The number of benzene rings is 2. The number of aromatic nitrogens is 2. The zero-order chi connectivity index (χ0) is 22.9. The van der Waals surface area contributed by atoms with Crippen LogP contribution in [0.5, 0.6) is 11.5 Å². The second kappa shape index (κ2) is 8.79. The first kappa shape index (κ1) is 21.3. The van der Waals surface area contributed by atoms with E-state index in [1.807, 2.05) is 18.3 Å². The first-order valence-corrected chi connectivity index (χ1v) is 11.3. The molecule has 1 saturated heterocycles. The number of ether oxygens (including phenoxy) is 2. The molecule has 33 heavy (non-hydrogen) atoms. The van der Waals surface area contributed by atoms with E-state index in [0.29, 0.717) is 0 Å². The number of hydrogen-bond donors (Lipinski definition) is 0. The number of likely N-dealkylation sites (N-methyl/N-ethyl adjacent to an activating group) is 1. The molecule has 0 aliphatic carbocycles. The molecule has 1 aliphatic rings. The number of methoxy groups -OCH3 is 2. The number of piperazine rings is 1. The molecule has 1 fully saturated rings. The lowest BCUT2D eigenvalue weighted by Crippen LogP contribution is -2.44. The predicted molar refractivity (Wildman–Crippen MR) is 134 cm³/mol. The van der Waals surface area contributed by atoms with E-state index in [9.17, 15) is 0 Å². The zero-order valence-electron chi connectivity index (χ0n) is 19.7. The maximum absolute atomic E-state index is 5.50. The second-order valence-corrected chi connectivity index (χ2v) is 8.62. The Morgan fingerprint density at radius 2 is 1.45 bits per heavy atom. The highest BCUT2D eigenvalue weighted by molar-refractivity contribution is 5.89. The molecule has 0 saturated carbocycles. The maximum Gasteiger partial charge on any atom is 0.161 e. The van der Waals surface area contributed by atoms with Gasteiger partial charge in [0.15, 0.2) is 11.5 Å². The number of aryl methyl sites for hydroxylation is 1. The van der Waals surface area contributed by atoms with Crippen LogP contribution in [0.2, 0.25) is 0 Å². The number of pyridine rings is 1. The number of nitrogens with zero attached hydrogens (tertiary/aromatic N) is 4. The third-order valence-electron chi connectivity index (χ3n) is 6.64. The summed E-state index contributed by atoms with van der Waals surface area (Å²) in [4.78, 5) is 9.59. The normalized spacial score (nSPS) is 14.6. The molecule has 0 radical (unpaired) electrons. The molecule has 0 unspecified atom stereocenters. The van der Waals surface area contributed by atoms with Gasteiger partial charge in [0.2, 0.25) is 0 Å². The molecular weight excluding hydrogens is 412 g/mol. The molecule has 0 amide bonds. The van der Waals surface area contributed by atoms with Crippen LogP contribution in [-0.2, 0) is 7.05 Å². The van der Waals surface area contributed by atoms with Crippen LogP contribution in [0.1, 0.15) is 0 Å². The summed E-state index contributed by atoms with van der Waals surface area (Å²) >= 11 is 0. The lowest BCUT2D eigenvalue weighted by Gasteiger charge is -2.34. The highest BCUT2D eigenvalue weighted by Crippen LogP contribution is 2.35. The quantitative estimate of drug-likeness (QED) is 0.449. The van der Waals surface area contributed by atoms with E-state index < -0.39 is 0 Å². The number of fused-ring (bicyclic) bond motifs is 1. The van der Waals surface area contributed by atoms with Crippen molar-refractivity contribution in [2.45, 2.75) is 0 Å². The average Bonchev–Trinajstić information content (AvgIpc) is 3.20. The molecule has 2 aromatic heterocycles. The Labute approximate surface area is 195 Å². The van der Waals surface area contributed by atoms with Crippen LogP contribution in [0.15, 0.2) is 60.8 Å². The van der Waals surface area contributed by atoms with Crippen molar-refractivity contribution in [1.29, 1.82) is 0 Å². The smallest absolute Gasteiger partial charge is 0.161 e. The van der Waals surface area contributed by atoms with E-state index in [1.165, 1.54) is 5.69 Å². The van der Waals surface area contributed by atoms with E-state index in [-0.39, 0.29) is 0 Å². The number of rotatable bonds is 5. The maximum atomic E-state index is 5.50. The second-order valence-electron chi connectivity index (χ2n) is 8.62. The van der Waals surface area contributed by atoms with E-state index in [2.05, 4.69) is 70.9 Å². The number of anilines is 1. The van der Waals surface area contributed by atoms with Crippen molar-refractivity contribution in [2.75, 3.05) is 52.3 Å². The van der Waals surface area contributed by atoms with Gasteiger partial charge in [-0.1, -0.05) is 12.1 Å². The first-order chi connectivity index (χ1) is 16.1. The third kappa shape index (κ3) is 4.02. The highest BCUT2D eigenvalue weighted by atomic mass is 16.5. The molecule has 0 bridgehead atoms. The summed E-state index contributed by atoms with van der Waals surface area (Å²) in [5.74, 6) is 1.45. The van der Waals surface area contributed by atoms with Gasteiger partial charge in [-0.25, -0.2) is 0 Å². The highest BCUT2D eigenvalue weighted by Gasteiger charge is 2.15. The predicted octanol–water partition coefficient (Wildman–Crippen LogP) is 4.68. The fourth-order valence-corrected chi connectivity index (χ4v) is 4.57. The Balaban J connectivity index is 1.45. The van der Waals surface area contributed by atoms with E-state index in [1.54, 1.807) is 14.2 Å². The van der Waals surface area contributed by atoms with Crippen LogP contribution < -0.4 is 14.4 Å². The van der Waals surface area contributed by atoms with Crippen molar-refractivity contribution in [2.24, 2.45) is 7.05 Å². The Morgan fingerprint density at radius 3 is 2.15 bits per heavy atom. The third-order valence-corrected chi connectivity index (χ3v) is 6.64. The van der Waals surface area contributed by atoms with Gasteiger partial charge >= 0.3 is 0 Å². The largest absolute Gasteiger partial charge is 0.493 e. The van der Waals surface area contributed by atoms with Crippen molar-refractivity contribution in [3.05, 3.63) is 60.8 Å². The SMILES string of the molecule is COc1ccc(-c2cc3cnc(-c4ccc(N5CCN(C)CC5)cc4)cc3n2C)cc1OC. The Kier molecular flexibility index (Phi) is 5.68. The van der Waals surface area contributed by atoms with Crippen LogP contribution in [-0.4, -0.2) is 61.9 Å². The summed E-state index contributed by atoms with van der Waals surface area (Å²) in [5, 5.41) is 1.11. The van der Waals surface area contributed by atoms with Crippen molar-refractivity contribution < 1.29 is 9.47 Å². The van der Waals surface area contributed by atoms with Crippen molar-refractivity contribution in [3.63, 3.8) is 0 Å². The number of hydrogen-bond acceptors (Lipinski definition) is 5. The fourth-order valence-electron chi connectivity index (χ4n) is 4.57. The van der Waals surface area contributed by atoms with Gasteiger partial charge < -0.3 is 23.8 Å². The van der Waals surface area contributed by atoms with Gasteiger partial charge in [-0.15, -0.1) is 0 Å². The molecule has 0 atom stereocenters. The molecule has 4 aromatic rings. The van der Waals surface area contributed by atoms with Crippen LogP contribution in [0.25, 0.3) is 33.4 Å². The molecule has 2 aromatic carbocycles. The van der Waals surface area contributed by atoms with E-state index in [0.717, 1.165) is 71.1 Å². The minimum Gasteiger partial charge on any atom is -0.493 e. The monoisotopic (exact) mass is 442 g/mol. The van der Waals surface area contributed by atoms with Gasteiger partial charge in [0.1, 0.15) is 0 Å². The van der Waals surface area contributed by atoms with Gasteiger partial charge in [0.25, 0.3) is 0 Å². The van der Waals surface area contributed by atoms with Crippen LogP contribution >= 0.6 is 0 Å². The minimum atomic E-state index is 0.722. The summed E-state index contributed by atoms with van der Waals surface area (Å²) in [5.41, 5.74) is 6.71. The molecule has 170 valence electrons. The summed E-state index contributed by atoms with van der Waals surface area (Å²) in [6.07, 6.45) is 1.96. The van der Waals surface area contributed by atoms with Crippen LogP contribution in [0, 0.1) is 0 Å². The van der Waals surface area contributed by atoms with E-state index >= 15 is 0 Å². The fraction of sp³-hybridized carbons (Fsp3) is 0.296. The summed E-state index contributed by atoms with van der Waals surface area (Å²) < 4.78 is 13.1. The Morgan fingerprint density at radius 1 is 0.758 bits per heavy atom. The first-order valence-electron chi connectivity index (χ1n) is 11.3. The molecule has 0 N–H and O–H groups in total. The molecular formula is C27H30N4O2. The minimum absolute atomic E-state index is 0.722. The standard InChI is InChI=1S/C27H30N4O2/c1-29-11-13-31(14-12-29)22-8-5-19(6-9-22)23-17-25-21(18-28-23)15-24(30(25)2)20-7-10-26(32-3)27(16-20)33-4/h5-10,15-18H,11-14H2,1-4H3. The van der Waals surface area contributed by atoms with Crippen molar-refractivity contribution in [1.82, 2.24) is 14.5 Å². The molecule has 3 heterocycles. The Bertz CT molecular complexity index is 1270. The summed E-state index contributed by atoms with van der Waals surface area (Å²) in [6.45, 7) is 4.36. The lowest BCUT2D eigenvalue weighted by molar-refractivity contribution is 0.313. The lowest BCUT2D eigenvalue weighted by atomic mass is 10.1. The Hall–Kier alpha value is -3.51. The van der Waals surface area contributed by atoms with Crippen molar-refractivity contribution in [3.8, 4) is 34.0 Å². The van der Waals surface area contributed by atoms with Gasteiger partial charge in [-0.2, -0.15) is 0 Å². The van der Waals surface area contributed by atoms with Gasteiger partial charge in [-0.05, 0) is 49.5 Å². The topological polar surface area (TPSA) is 42.8 Å². The van der Waals surface area contributed by atoms with Gasteiger partial charge in [0, 0.05) is 67.3 Å². The molecule has 1 aliphatic heterocycles. The van der Waals surface area contributed by atoms with Crippen LogP contribution in [0.4, 0.5) is 5.69 Å². The zero-order valence-corrected chi connectivity index (χ0v) is 19.7. The van der Waals surface area contributed by atoms with Crippen LogP contribution in [0.3, 0.4) is 0 Å². The molecule has 0 spiro atoms. The van der Waals surface area contributed by atoms with E-state index in [4.69, 9.17) is 14.5 Å². The van der Waals surface area contributed by atoms with Gasteiger partial charge in [0.05, 0.1) is 25.4 Å². The molecule has 6 heteroatoms. The molecule has 6 nitrogen and oxygen atoms in total.